The van der Waals surface area contributed by atoms with E-state index in [0.29, 0.717) is 0 Å². The zero-order valence-electron chi connectivity index (χ0n) is 9.05. The van der Waals surface area contributed by atoms with Gasteiger partial charge in [0.2, 0.25) is 0 Å². The highest BCUT2D eigenvalue weighted by molar-refractivity contribution is 6.20. The molecule has 1 aromatic carbocycles. The molecule has 84 valence electrons. The highest BCUT2D eigenvalue weighted by Crippen LogP contribution is 2.15. The third-order valence-corrected chi connectivity index (χ3v) is 2.57. The van der Waals surface area contributed by atoms with Gasteiger partial charge in [-0.05, 0) is 29.3 Å². The van der Waals surface area contributed by atoms with E-state index in [4.69, 9.17) is 11.6 Å². The van der Waals surface area contributed by atoms with Crippen LogP contribution >= 0.6 is 11.6 Å². The van der Waals surface area contributed by atoms with Crippen LogP contribution in [0.4, 0.5) is 0 Å². The SMILES string of the molecule is CC(Cl)c1nnnn1CCc1ccccc1. The van der Waals surface area contributed by atoms with Crippen LogP contribution in [0.5, 0.6) is 0 Å². The van der Waals surface area contributed by atoms with Crippen LogP contribution < -0.4 is 0 Å². The number of alkyl halides is 1. The molecule has 0 aliphatic rings. The molecular weight excluding hydrogens is 224 g/mol. The van der Waals surface area contributed by atoms with E-state index < -0.39 is 0 Å². The first-order valence-corrected chi connectivity index (χ1v) is 5.65. The van der Waals surface area contributed by atoms with Gasteiger partial charge < -0.3 is 0 Å². The summed E-state index contributed by atoms with van der Waals surface area (Å²) < 4.78 is 1.75. The fraction of sp³-hybridized carbons (Fsp3) is 0.364. The topological polar surface area (TPSA) is 43.6 Å². The molecule has 0 amide bonds. The highest BCUT2D eigenvalue weighted by Gasteiger charge is 2.11. The Morgan fingerprint density at radius 3 is 2.75 bits per heavy atom. The van der Waals surface area contributed by atoms with Crippen LogP contribution in [-0.4, -0.2) is 20.2 Å². The van der Waals surface area contributed by atoms with E-state index in [1.807, 2.05) is 25.1 Å². The van der Waals surface area contributed by atoms with Crippen molar-refractivity contribution in [3.05, 3.63) is 41.7 Å². The quantitative estimate of drug-likeness (QED) is 0.765. The van der Waals surface area contributed by atoms with Crippen LogP contribution in [-0.2, 0) is 13.0 Å². The minimum Gasteiger partial charge on any atom is -0.228 e. The first-order chi connectivity index (χ1) is 7.77. The lowest BCUT2D eigenvalue weighted by molar-refractivity contribution is 0.564. The van der Waals surface area contributed by atoms with Gasteiger partial charge in [0.25, 0.3) is 0 Å². The summed E-state index contributed by atoms with van der Waals surface area (Å²) in [6.07, 6.45) is 0.905. The summed E-state index contributed by atoms with van der Waals surface area (Å²) in [6, 6.07) is 10.2. The molecule has 4 nitrogen and oxygen atoms in total. The summed E-state index contributed by atoms with van der Waals surface area (Å²) in [5, 5.41) is 11.3. The van der Waals surface area contributed by atoms with Gasteiger partial charge in [-0.3, -0.25) is 0 Å². The first-order valence-electron chi connectivity index (χ1n) is 5.21. The molecule has 0 spiro atoms. The fourth-order valence-corrected chi connectivity index (χ4v) is 1.69. The van der Waals surface area contributed by atoms with Gasteiger partial charge in [-0.25, -0.2) is 4.68 Å². The normalized spacial score (nSPS) is 12.6. The summed E-state index contributed by atoms with van der Waals surface area (Å²) >= 11 is 5.97. The van der Waals surface area contributed by atoms with E-state index in [2.05, 4.69) is 27.7 Å². The Morgan fingerprint density at radius 2 is 2.06 bits per heavy atom. The molecule has 0 aliphatic carbocycles. The van der Waals surface area contributed by atoms with Gasteiger partial charge in [-0.15, -0.1) is 16.7 Å². The molecule has 2 rings (SSSR count). The van der Waals surface area contributed by atoms with Gasteiger partial charge in [0.15, 0.2) is 5.82 Å². The number of halogens is 1. The zero-order valence-corrected chi connectivity index (χ0v) is 9.80. The van der Waals surface area contributed by atoms with Crippen molar-refractivity contribution in [1.29, 1.82) is 0 Å². The Labute approximate surface area is 99.2 Å². The predicted octanol–water partition coefficient (Wildman–Crippen LogP) is 2.22. The van der Waals surface area contributed by atoms with Crippen LogP contribution in [0, 0.1) is 0 Å². The minimum absolute atomic E-state index is 0.161. The Balaban J connectivity index is 2.02. The number of aromatic nitrogens is 4. The van der Waals surface area contributed by atoms with E-state index in [-0.39, 0.29) is 5.38 Å². The monoisotopic (exact) mass is 236 g/mol. The van der Waals surface area contributed by atoms with Gasteiger partial charge in [0, 0.05) is 6.54 Å². The maximum Gasteiger partial charge on any atom is 0.168 e. The molecule has 1 aromatic heterocycles. The van der Waals surface area contributed by atoms with Crippen LogP contribution in [0.2, 0.25) is 0 Å². The van der Waals surface area contributed by atoms with E-state index in [1.54, 1.807) is 4.68 Å². The van der Waals surface area contributed by atoms with Crippen molar-refractivity contribution in [2.75, 3.05) is 0 Å². The van der Waals surface area contributed by atoms with Crippen LogP contribution in [0.1, 0.15) is 23.7 Å². The Hall–Kier alpha value is -1.42. The van der Waals surface area contributed by atoms with E-state index >= 15 is 0 Å². The lowest BCUT2D eigenvalue weighted by Gasteiger charge is -2.05. The van der Waals surface area contributed by atoms with Crippen molar-refractivity contribution in [1.82, 2.24) is 20.2 Å². The molecule has 1 unspecified atom stereocenters. The highest BCUT2D eigenvalue weighted by atomic mass is 35.5. The molecule has 0 N–H and O–H groups in total. The Morgan fingerprint density at radius 1 is 1.31 bits per heavy atom. The third-order valence-electron chi connectivity index (χ3n) is 2.37. The molecule has 0 saturated heterocycles. The molecule has 2 aromatic rings. The summed E-state index contributed by atoms with van der Waals surface area (Å²) in [4.78, 5) is 0. The number of aryl methyl sites for hydroxylation is 2. The molecule has 0 aliphatic heterocycles. The average Bonchev–Trinajstić information content (AvgIpc) is 2.76. The molecule has 1 heterocycles. The third kappa shape index (κ3) is 2.58. The van der Waals surface area contributed by atoms with E-state index in [1.165, 1.54) is 5.56 Å². The number of benzene rings is 1. The summed E-state index contributed by atoms with van der Waals surface area (Å²) in [5.41, 5.74) is 1.27. The van der Waals surface area contributed by atoms with Crippen LogP contribution in [0.15, 0.2) is 30.3 Å². The number of tetrazole rings is 1. The van der Waals surface area contributed by atoms with Crippen molar-refractivity contribution in [3.63, 3.8) is 0 Å². The molecule has 1 atom stereocenters. The standard InChI is InChI=1S/C11H13ClN4/c1-9(12)11-13-14-15-16(11)8-7-10-5-3-2-4-6-10/h2-6,9H,7-8H2,1H3. The van der Waals surface area contributed by atoms with Gasteiger partial charge in [0.1, 0.15) is 0 Å². The second-order valence-electron chi connectivity index (χ2n) is 3.61. The molecule has 0 bridgehead atoms. The van der Waals surface area contributed by atoms with Crippen molar-refractivity contribution < 1.29 is 0 Å². The number of nitrogens with zero attached hydrogens (tertiary/aromatic N) is 4. The van der Waals surface area contributed by atoms with Gasteiger partial charge in [-0.1, -0.05) is 30.3 Å². The summed E-state index contributed by atoms with van der Waals surface area (Å²) in [6.45, 7) is 2.62. The molecule has 0 fully saturated rings. The van der Waals surface area contributed by atoms with Crippen molar-refractivity contribution in [2.24, 2.45) is 0 Å². The minimum atomic E-state index is -0.161. The number of hydrogen-bond donors (Lipinski definition) is 0. The summed E-state index contributed by atoms with van der Waals surface area (Å²) in [7, 11) is 0. The second kappa shape index (κ2) is 5.07. The van der Waals surface area contributed by atoms with Crippen molar-refractivity contribution in [3.8, 4) is 0 Å². The molecule has 5 heteroatoms. The fourth-order valence-electron chi connectivity index (χ4n) is 1.54. The van der Waals surface area contributed by atoms with Crippen LogP contribution in [0.25, 0.3) is 0 Å². The van der Waals surface area contributed by atoms with Crippen molar-refractivity contribution >= 4 is 11.6 Å². The van der Waals surface area contributed by atoms with Gasteiger partial charge >= 0.3 is 0 Å². The largest absolute Gasteiger partial charge is 0.228 e. The Kier molecular flexibility index (Phi) is 3.51. The predicted molar refractivity (Wildman–Crippen MR) is 62.2 cm³/mol. The first kappa shape index (κ1) is 11.1. The average molecular weight is 237 g/mol. The van der Waals surface area contributed by atoms with E-state index in [9.17, 15) is 0 Å². The lowest BCUT2D eigenvalue weighted by atomic mass is 10.1. The summed E-state index contributed by atoms with van der Waals surface area (Å²) in [5.74, 6) is 0.720. The zero-order chi connectivity index (χ0) is 11.4. The molecule has 0 radical (unpaired) electrons. The van der Waals surface area contributed by atoms with Gasteiger partial charge in [0.05, 0.1) is 5.38 Å². The lowest BCUT2D eigenvalue weighted by Crippen LogP contribution is -2.08. The smallest absolute Gasteiger partial charge is 0.168 e. The molecule has 16 heavy (non-hydrogen) atoms. The van der Waals surface area contributed by atoms with E-state index in [0.717, 1.165) is 18.8 Å². The number of hydrogen-bond acceptors (Lipinski definition) is 3. The maximum atomic E-state index is 5.97. The molecule has 0 saturated carbocycles. The second-order valence-corrected chi connectivity index (χ2v) is 4.27. The van der Waals surface area contributed by atoms with Gasteiger partial charge in [-0.2, -0.15) is 0 Å². The maximum absolute atomic E-state index is 5.97. The Bertz CT molecular complexity index is 438. The number of rotatable bonds is 4. The van der Waals surface area contributed by atoms with Crippen molar-refractivity contribution in [2.45, 2.75) is 25.3 Å². The van der Waals surface area contributed by atoms with Crippen LogP contribution in [0.3, 0.4) is 0 Å². The molecular formula is C11H13ClN4.